The molecule has 6 heteroatoms. The number of hydrogen-bond acceptors (Lipinski definition) is 3. The van der Waals surface area contributed by atoms with Gasteiger partial charge in [-0.1, -0.05) is 23.7 Å². The molecule has 1 atom stereocenters. The molecular weight excluding hydrogens is 362 g/mol. The summed E-state index contributed by atoms with van der Waals surface area (Å²) in [5.74, 6) is 0.337. The maximum absolute atomic E-state index is 12.4. The van der Waals surface area contributed by atoms with Gasteiger partial charge < -0.3 is 14.6 Å². The van der Waals surface area contributed by atoms with Crippen molar-refractivity contribution in [3.05, 3.63) is 76.3 Å². The molecule has 5 nitrogen and oxygen atoms in total. The first kappa shape index (κ1) is 17.6. The first-order chi connectivity index (χ1) is 13.0. The van der Waals surface area contributed by atoms with Gasteiger partial charge in [0.25, 0.3) is 5.91 Å². The lowest BCUT2D eigenvalue weighted by atomic mass is 9.97. The Morgan fingerprint density at radius 1 is 1.33 bits per heavy atom. The molecule has 0 saturated carbocycles. The van der Waals surface area contributed by atoms with Crippen LogP contribution >= 0.6 is 11.6 Å². The van der Waals surface area contributed by atoms with Gasteiger partial charge >= 0.3 is 0 Å². The molecule has 0 spiro atoms. The third-order valence-electron chi connectivity index (χ3n) is 4.82. The fraction of sp³-hybridized carbons (Fsp3) is 0.238. The zero-order valence-electron chi connectivity index (χ0n) is 15.2. The van der Waals surface area contributed by atoms with Crippen LogP contribution in [0.2, 0.25) is 5.02 Å². The Morgan fingerprint density at radius 3 is 2.81 bits per heavy atom. The molecule has 0 bridgehead atoms. The van der Waals surface area contributed by atoms with Crippen LogP contribution in [0.15, 0.2) is 49.1 Å². The normalized spacial score (nSPS) is 16.3. The van der Waals surface area contributed by atoms with Gasteiger partial charge in [-0.25, -0.2) is 4.98 Å². The number of benzene rings is 2. The molecule has 1 aliphatic rings. The Balaban J connectivity index is 1.66. The SMILES string of the molecule is Cc1c(Cc2ccc(-n3ccnc3)cc2)cc2c(c1Cl)O[C@@H](C)CNC2=O. The molecule has 1 aliphatic heterocycles. The number of nitrogens with one attached hydrogen (secondary N) is 1. The van der Waals surface area contributed by atoms with E-state index in [9.17, 15) is 4.79 Å². The molecule has 0 fully saturated rings. The van der Waals surface area contributed by atoms with Gasteiger partial charge in [0.15, 0.2) is 5.75 Å². The quantitative estimate of drug-likeness (QED) is 0.747. The van der Waals surface area contributed by atoms with E-state index in [1.165, 1.54) is 0 Å². The molecule has 2 heterocycles. The van der Waals surface area contributed by atoms with Crippen LogP contribution in [0.1, 0.15) is 34.0 Å². The van der Waals surface area contributed by atoms with E-state index < -0.39 is 0 Å². The van der Waals surface area contributed by atoms with Crippen LogP contribution in [0.5, 0.6) is 5.75 Å². The summed E-state index contributed by atoms with van der Waals surface area (Å²) >= 11 is 6.56. The zero-order valence-corrected chi connectivity index (χ0v) is 16.0. The van der Waals surface area contributed by atoms with Crippen LogP contribution in [-0.4, -0.2) is 28.1 Å². The third-order valence-corrected chi connectivity index (χ3v) is 5.28. The zero-order chi connectivity index (χ0) is 19.0. The van der Waals surface area contributed by atoms with Gasteiger partial charge in [-0.05, 0) is 55.2 Å². The Bertz CT molecular complexity index is 982. The van der Waals surface area contributed by atoms with Gasteiger partial charge in [0.1, 0.15) is 6.10 Å². The van der Waals surface area contributed by atoms with E-state index >= 15 is 0 Å². The molecule has 1 aromatic heterocycles. The molecule has 27 heavy (non-hydrogen) atoms. The molecule has 1 amide bonds. The van der Waals surface area contributed by atoms with Gasteiger partial charge in [0.05, 0.1) is 23.5 Å². The average Bonchev–Trinajstić information content (AvgIpc) is 3.16. The van der Waals surface area contributed by atoms with Crippen molar-refractivity contribution in [1.82, 2.24) is 14.9 Å². The Morgan fingerprint density at radius 2 is 2.11 bits per heavy atom. The molecule has 0 saturated heterocycles. The highest BCUT2D eigenvalue weighted by atomic mass is 35.5. The van der Waals surface area contributed by atoms with Crippen LogP contribution < -0.4 is 10.1 Å². The molecule has 3 aromatic rings. The maximum Gasteiger partial charge on any atom is 0.255 e. The highest BCUT2D eigenvalue weighted by molar-refractivity contribution is 6.33. The van der Waals surface area contributed by atoms with Crippen molar-refractivity contribution < 1.29 is 9.53 Å². The number of carbonyl (C=O) groups is 1. The van der Waals surface area contributed by atoms with E-state index in [0.717, 1.165) is 22.4 Å². The van der Waals surface area contributed by atoms with Crippen LogP contribution in [-0.2, 0) is 6.42 Å². The van der Waals surface area contributed by atoms with Crippen molar-refractivity contribution in [1.29, 1.82) is 0 Å². The monoisotopic (exact) mass is 381 g/mol. The van der Waals surface area contributed by atoms with Gasteiger partial charge in [0, 0.05) is 18.1 Å². The Hall–Kier alpha value is -2.79. The number of nitrogens with zero attached hydrogens (tertiary/aromatic N) is 2. The van der Waals surface area contributed by atoms with Crippen molar-refractivity contribution in [3.8, 4) is 11.4 Å². The second kappa shape index (κ2) is 7.08. The molecule has 4 rings (SSSR count). The van der Waals surface area contributed by atoms with Crippen molar-refractivity contribution in [2.24, 2.45) is 0 Å². The topological polar surface area (TPSA) is 56.1 Å². The fourth-order valence-electron chi connectivity index (χ4n) is 3.24. The summed E-state index contributed by atoms with van der Waals surface area (Å²) in [6.07, 6.45) is 6.00. The average molecular weight is 382 g/mol. The molecule has 0 aliphatic carbocycles. The number of hydrogen-bond donors (Lipinski definition) is 1. The lowest BCUT2D eigenvalue weighted by Crippen LogP contribution is -2.29. The number of fused-ring (bicyclic) bond motifs is 1. The summed E-state index contributed by atoms with van der Waals surface area (Å²) in [5.41, 5.74) is 4.65. The van der Waals surface area contributed by atoms with E-state index in [4.69, 9.17) is 16.3 Å². The molecule has 2 aromatic carbocycles. The minimum Gasteiger partial charge on any atom is -0.486 e. The molecule has 1 N–H and O–H groups in total. The van der Waals surface area contributed by atoms with Crippen LogP contribution in [0.4, 0.5) is 0 Å². The van der Waals surface area contributed by atoms with E-state index in [0.29, 0.717) is 29.3 Å². The number of ether oxygens (including phenoxy) is 1. The number of halogens is 1. The number of amides is 1. The number of aromatic nitrogens is 2. The standard InChI is InChI=1S/C21H20ClN3O2/c1-13-11-24-21(26)18-10-16(14(2)19(22)20(18)27-13)9-15-3-5-17(6-4-15)25-8-7-23-12-25/h3-8,10,12-13H,9,11H2,1-2H3,(H,24,26)/t13-/m0/s1. The maximum atomic E-state index is 12.4. The van der Waals surface area contributed by atoms with Crippen molar-refractivity contribution in [3.63, 3.8) is 0 Å². The predicted molar refractivity (Wildman–Crippen MR) is 105 cm³/mol. The third kappa shape index (κ3) is 3.43. The highest BCUT2D eigenvalue weighted by Crippen LogP contribution is 2.36. The highest BCUT2D eigenvalue weighted by Gasteiger charge is 2.25. The van der Waals surface area contributed by atoms with E-state index in [2.05, 4.69) is 34.6 Å². The van der Waals surface area contributed by atoms with E-state index in [-0.39, 0.29) is 12.0 Å². The van der Waals surface area contributed by atoms with Crippen molar-refractivity contribution in [2.45, 2.75) is 26.4 Å². The summed E-state index contributed by atoms with van der Waals surface area (Å²) in [4.78, 5) is 16.5. The number of carbonyl (C=O) groups excluding carboxylic acids is 1. The second-order valence-electron chi connectivity index (χ2n) is 6.80. The first-order valence-corrected chi connectivity index (χ1v) is 9.25. The van der Waals surface area contributed by atoms with Crippen LogP contribution in [0, 0.1) is 6.92 Å². The summed E-state index contributed by atoms with van der Waals surface area (Å²) < 4.78 is 7.83. The molecule has 0 radical (unpaired) electrons. The second-order valence-corrected chi connectivity index (χ2v) is 7.18. The van der Waals surface area contributed by atoms with E-state index in [1.54, 1.807) is 12.5 Å². The van der Waals surface area contributed by atoms with Gasteiger partial charge in [-0.2, -0.15) is 0 Å². The minimum absolute atomic E-state index is 0.117. The lowest BCUT2D eigenvalue weighted by Gasteiger charge is -2.17. The van der Waals surface area contributed by atoms with Gasteiger partial charge in [0.2, 0.25) is 0 Å². The minimum atomic E-state index is -0.145. The van der Waals surface area contributed by atoms with Gasteiger partial charge in [-0.3, -0.25) is 4.79 Å². The van der Waals surface area contributed by atoms with E-state index in [1.807, 2.05) is 30.7 Å². The first-order valence-electron chi connectivity index (χ1n) is 8.87. The predicted octanol–water partition coefficient (Wildman–Crippen LogP) is 3.94. The van der Waals surface area contributed by atoms with Crippen LogP contribution in [0.25, 0.3) is 5.69 Å². The summed E-state index contributed by atoms with van der Waals surface area (Å²) in [6.45, 7) is 4.35. The summed E-state index contributed by atoms with van der Waals surface area (Å²) in [7, 11) is 0. The molecule has 138 valence electrons. The van der Waals surface area contributed by atoms with Crippen molar-refractivity contribution >= 4 is 17.5 Å². The molecule has 0 unspecified atom stereocenters. The van der Waals surface area contributed by atoms with Gasteiger partial charge in [-0.15, -0.1) is 0 Å². The summed E-state index contributed by atoms with van der Waals surface area (Å²) in [6, 6.07) is 10.2. The Kier molecular flexibility index (Phi) is 4.62. The summed E-state index contributed by atoms with van der Waals surface area (Å²) in [5, 5.41) is 3.40. The number of rotatable bonds is 3. The van der Waals surface area contributed by atoms with Crippen LogP contribution in [0.3, 0.4) is 0 Å². The number of imidazole rings is 1. The van der Waals surface area contributed by atoms with Crippen molar-refractivity contribution in [2.75, 3.05) is 6.54 Å². The largest absolute Gasteiger partial charge is 0.486 e. The smallest absolute Gasteiger partial charge is 0.255 e. The molecular formula is C21H20ClN3O2. The lowest BCUT2D eigenvalue weighted by molar-refractivity contribution is 0.0952. The Labute approximate surface area is 162 Å². The fourth-order valence-corrected chi connectivity index (χ4v) is 3.50.